The molecule has 4 nitrogen and oxygen atoms in total. The highest BCUT2D eigenvalue weighted by Gasteiger charge is 2.27. The number of unbranched alkanes of at least 4 members (excludes halogenated alkanes) is 2. The van der Waals surface area contributed by atoms with E-state index in [4.69, 9.17) is 4.74 Å². The number of amides is 1. The van der Waals surface area contributed by atoms with E-state index in [1.807, 2.05) is 6.08 Å². The highest BCUT2D eigenvalue weighted by molar-refractivity contribution is 5.78. The largest absolute Gasteiger partial charge is 0.501 e. The number of ether oxygens (including phenoxy) is 1. The van der Waals surface area contributed by atoms with Crippen LogP contribution in [0.3, 0.4) is 0 Å². The van der Waals surface area contributed by atoms with Crippen molar-refractivity contribution in [2.24, 2.45) is 11.3 Å². The third-order valence-electron chi connectivity index (χ3n) is 6.63. The molecule has 1 heterocycles. The minimum absolute atomic E-state index is 0.0876. The van der Waals surface area contributed by atoms with Gasteiger partial charge in [-0.1, -0.05) is 77.3 Å². The summed E-state index contributed by atoms with van der Waals surface area (Å²) in [7, 11) is 0. The van der Waals surface area contributed by atoms with Gasteiger partial charge in [0.25, 0.3) is 0 Å². The first-order valence-corrected chi connectivity index (χ1v) is 13.9. The fourth-order valence-electron chi connectivity index (χ4n) is 4.93. The fraction of sp³-hybridized carbons (Fsp3) is 0.710. The lowest BCUT2D eigenvalue weighted by Crippen LogP contribution is -2.47. The van der Waals surface area contributed by atoms with Gasteiger partial charge in [-0.05, 0) is 69.4 Å². The molecule has 4 heteroatoms. The van der Waals surface area contributed by atoms with Crippen LogP contribution in [0, 0.1) is 11.3 Å². The summed E-state index contributed by atoms with van der Waals surface area (Å²) in [5.74, 6) is 0.591. The predicted octanol–water partition coefficient (Wildman–Crippen LogP) is 7.54. The molecule has 2 atom stereocenters. The van der Waals surface area contributed by atoms with Crippen molar-refractivity contribution in [3.63, 3.8) is 0 Å². The topological polar surface area (TPSA) is 32.8 Å². The zero-order valence-corrected chi connectivity index (χ0v) is 24.1. The van der Waals surface area contributed by atoms with Crippen LogP contribution in [0.4, 0.5) is 0 Å². The van der Waals surface area contributed by atoms with Gasteiger partial charge in [0.1, 0.15) is 0 Å². The Hall–Kier alpha value is -1.81. The first-order valence-electron chi connectivity index (χ1n) is 13.9. The molecule has 0 saturated carbocycles. The van der Waals surface area contributed by atoms with Gasteiger partial charge in [-0.2, -0.15) is 0 Å². The standard InChI is InChI=1S/C31H54N2O2/c1-9-11-18-32(19-12-10-2)30(34)25-33(28(6)23-31(7,8)22-26(3)4)24-27(5)29-16-13-14-20-35-21-15-17-29/h13,15-17,21-22,27-28H,9-12,14,18-20,23-25H2,1-8H3/b16-13+,21-15+,29-17+/t27-,28-/m1/s1. The van der Waals surface area contributed by atoms with Gasteiger partial charge in [-0.25, -0.2) is 0 Å². The van der Waals surface area contributed by atoms with Gasteiger partial charge < -0.3 is 9.64 Å². The third kappa shape index (κ3) is 13.2. The SMILES string of the molecule is CCCCN(CCCC)C(=O)CN(C[C@@H](C)C1=C/C=C/OCC\C=C\1)[C@H](C)CC(C)(C)C=C(C)C. The van der Waals surface area contributed by atoms with Crippen LogP contribution < -0.4 is 0 Å². The maximum absolute atomic E-state index is 13.5. The van der Waals surface area contributed by atoms with Gasteiger partial charge in [-0.15, -0.1) is 0 Å². The lowest BCUT2D eigenvalue weighted by Gasteiger charge is -2.37. The van der Waals surface area contributed by atoms with E-state index in [1.165, 1.54) is 11.1 Å². The van der Waals surface area contributed by atoms with Crippen molar-refractivity contribution in [3.05, 3.63) is 47.8 Å². The Morgan fingerprint density at radius 3 is 2.40 bits per heavy atom. The van der Waals surface area contributed by atoms with Crippen molar-refractivity contribution in [1.82, 2.24) is 9.80 Å². The fourth-order valence-corrected chi connectivity index (χ4v) is 4.93. The van der Waals surface area contributed by atoms with Crippen molar-refractivity contribution in [2.75, 3.05) is 32.8 Å². The predicted molar refractivity (Wildman–Crippen MR) is 151 cm³/mol. The van der Waals surface area contributed by atoms with Gasteiger partial charge in [0, 0.05) is 25.7 Å². The van der Waals surface area contributed by atoms with E-state index < -0.39 is 0 Å². The monoisotopic (exact) mass is 486 g/mol. The van der Waals surface area contributed by atoms with Gasteiger partial charge >= 0.3 is 0 Å². The molecule has 0 aromatic heterocycles. The number of nitrogens with zero attached hydrogens (tertiary/aromatic N) is 2. The van der Waals surface area contributed by atoms with Crippen LogP contribution in [-0.4, -0.2) is 54.5 Å². The van der Waals surface area contributed by atoms with Crippen LogP contribution in [0.5, 0.6) is 0 Å². The molecule has 0 aliphatic carbocycles. The second-order valence-electron chi connectivity index (χ2n) is 11.2. The molecule has 0 radical (unpaired) electrons. The minimum atomic E-state index is 0.0876. The molecule has 1 aliphatic heterocycles. The summed E-state index contributed by atoms with van der Waals surface area (Å²) in [4.78, 5) is 18.1. The molecule has 0 spiro atoms. The molecule has 35 heavy (non-hydrogen) atoms. The molecule has 0 fully saturated rings. The number of carbonyl (C=O) groups excluding carboxylic acids is 1. The second kappa shape index (κ2) is 16.8. The summed E-state index contributed by atoms with van der Waals surface area (Å²) in [6, 6.07) is 0.297. The van der Waals surface area contributed by atoms with Crippen LogP contribution in [0.15, 0.2) is 47.8 Å². The molecule has 1 amide bonds. The quantitative estimate of drug-likeness (QED) is 0.224. The molecule has 0 unspecified atom stereocenters. The highest BCUT2D eigenvalue weighted by atomic mass is 16.5. The molecule has 200 valence electrons. The zero-order chi connectivity index (χ0) is 26.3. The summed E-state index contributed by atoms with van der Waals surface area (Å²) in [5, 5.41) is 0. The normalized spacial score (nSPS) is 19.3. The molecular weight excluding hydrogens is 432 g/mol. The van der Waals surface area contributed by atoms with E-state index in [2.05, 4.69) is 89.5 Å². The van der Waals surface area contributed by atoms with Crippen LogP contribution in [0.25, 0.3) is 0 Å². The molecule has 0 saturated heterocycles. The minimum Gasteiger partial charge on any atom is -0.501 e. The van der Waals surface area contributed by atoms with Crippen molar-refractivity contribution in [2.45, 2.75) is 100.0 Å². The summed E-state index contributed by atoms with van der Waals surface area (Å²) < 4.78 is 5.49. The number of rotatable bonds is 15. The summed E-state index contributed by atoms with van der Waals surface area (Å²) in [6.07, 6.45) is 19.0. The summed E-state index contributed by atoms with van der Waals surface area (Å²) >= 11 is 0. The van der Waals surface area contributed by atoms with Crippen LogP contribution in [0.1, 0.15) is 93.9 Å². The first kappa shape index (κ1) is 31.2. The molecule has 0 aromatic rings. The second-order valence-corrected chi connectivity index (χ2v) is 11.2. The lowest BCUT2D eigenvalue weighted by atomic mass is 9.84. The average Bonchev–Trinajstić information content (AvgIpc) is 2.91. The van der Waals surface area contributed by atoms with Crippen molar-refractivity contribution in [1.29, 1.82) is 0 Å². The zero-order valence-electron chi connectivity index (χ0n) is 24.1. The Labute approximate surface area is 217 Å². The number of hydrogen-bond donors (Lipinski definition) is 0. The Balaban J connectivity index is 3.12. The number of hydrogen-bond acceptors (Lipinski definition) is 3. The lowest BCUT2D eigenvalue weighted by molar-refractivity contribution is -0.133. The van der Waals surface area contributed by atoms with Gasteiger partial charge in [0.05, 0.1) is 19.4 Å². The van der Waals surface area contributed by atoms with Crippen molar-refractivity contribution in [3.8, 4) is 0 Å². The summed E-state index contributed by atoms with van der Waals surface area (Å²) in [6.45, 7) is 21.7. The Bertz CT molecular complexity index is 720. The average molecular weight is 487 g/mol. The third-order valence-corrected chi connectivity index (χ3v) is 6.63. The molecular formula is C31H54N2O2. The van der Waals surface area contributed by atoms with Gasteiger partial charge in [0.2, 0.25) is 5.91 Å². The molecule has 0 bridgehead atoms. The van der Waals surface area contributed by atoms with Crippen LogP contribution in [0.2, 0.25) is 0 Å². The maximum Gasteiger partial charge on any atom is 0.236 e. The number of carbonyl (C=O) groups is 1. The molecule has 0 N–H and O–H groups in total. The van der Waals surface area contributed by atoms with Crippen molar-refractivity contribution >= 4 is 5.91 Å². The number of allylic oxidation sites excluding steroid dienone is 5. The first-order chi connectivity index (χ1) is 16.6. The Kier molecular flexibility index (Phi) is 15.0. The van der Waals surface area contributed by atoms with E-state index >= 15 is 0 Å². The van der Waals surface area contributed by atoms with Crippen LogP contribution in [-0.2, 0) is 9.53 Å². The van der Waals surface area contributed by atoms with E-state index in [9.17, 15) is 4.79 Å². The van der Waals surface area contributed by atoms with E-state index in [0.29, 0.717) is 25.1 Å². The van der Waals surface area contributed by atoms with Gasteiger partial charge in [-0.3, -0.25) is 9.69 Å². The highest BCUT2D eigenvalue weighted by Crippen LogP contribution is 2.29. The Morgan fingerprint density at radius 1 is 1.14 bits per heavy atom. The molecule has 0 aromatic carbocycles. The van der Waals surface area contributed by atoms with Gasteiger partial charge in [0.15, 0.2) is 0 Å². The summed E-state index contributed by atoms with van der Waals surface area (Å²) in [5.41, 5.74) is 2.72. The maximum atomic E-state index is 13.5. The molecule has 1 aliphatic rings. The van der Waals surface area contributed by atoms with E-state index in [1.54, 1.807) is 6.26 Å². The Morgan fingerprint density at radius 2 is 1.80 bits per heavy atom. The smallest absolute Gasteiger partial charge is 0.236 e. The van der Waals surface area contributed by atoms with E-state index in [0.717, 1.165) is 58.2 Å². The van der Waals surface area contributed by atoms with Crippen molar-refractivity contribution < 1.29 is 9.53 Å². The van der Waals surface area contributed by atoms with E-state index in [-0.39, 0.29) is 11.3 Å². The molecule has 1 rings (SSSR count). The van der Waals surface area contributed by atoms with Crippen LogP contribution >= 0.6 is 0 Å².